The van der Waals surface area contributed by atoms with Crippen LogP contribution in [0.4, 0.5) is 13.2 Å². The molecule has 2 N–H and O–H groups in total. The average molecular weight is 254 g/mol. The lowest BCUT2D eigenvalue weighted by Crippen LogP contribution is -2.66. The molecule has 17 heavy (non-hydrogen) atoms. The SMILES string of the molecule is OB(O)CN1CCN2C[C@@H](F)OC(F)(F)C2C1. The molecule has 98 valence electrons. The molecule has 0 saturated carbocycles. The average Bonchev–Trinajstić information content (AvgIpc) is 2.17. The van der Waals surface area contributed by atoms with Crippen LogP contribution in [0.25, 0.3) is 0 Å². The molecule has 0 spiro atoms. The first-order chi connectivity index (χ1) is 7.88. The number of hydrogen-bond donors (Lipinski definition) is 2. The Labute approximate surface area is 96.9 Å². The van der Waals surface area contributed by atoms with Gasteiger partial charge in [-0.15, -0.1) is 0 Å². The predicted molar refractivity (Wildman–Crippen MR) is 52.9 cm³/mol. The molecule has 0 amide bonds. The topological polar surface area (TPSA) is 56.2 Å². The molecular weight excluding hydrogens is 240 g/mol. The minimum absolute atomic E-state index is 0.0721. The molecule has 0 aliphatic carbocycles. The zero-order chi connectivity index (χ0) is 12.6. The van der Waals surface area contributed by atoms with E-state index in [-0.39, 0.29) is 26.1 Å². The predicted octanol–water partition coefficient (Wildman–Crippen LogP) is -1.10. The molecule has 2 heterocycles. The molecule has 2 aliphatic heterocycles. The van der Waals surface area contributed by atoms with Crippen LogP contribution in [0.15, 0.2) is 0 Å². The number of nitrogens with zero attached hydrogens (tertiary/aromatic N) is 2. The molecule has 0 aromatic carbocycles. The van der Waals surface area contributed by atoms with Crippen LogP contribution < -0.4 is 0 Å². The van der Waals surface area contributed by atoms with Gasteiger partial charge in [-0.05, 0) is 0 Å². The molecule has 0 aromatic heterocycles. The first-order valence-electron chi connectivity index (χ1n) is 5.41. The minimum atomic E-state index is -3.54. The highest BCUT2D eigenvalue weighted by Gasteiger charge is 2.53. The Balaban J connectivity index is 2.02. The number of hydrogen-bond acceptors (Lipinski definition) is 5. The second kappa shape index (κ2) is 4.73. The first kappa shape index (κ1) is 13.1. The van der Waals surface area contributed by atoms with Crippen LogP contribution in [-0.2, 0) is 4.74 Å². The fourth-order valence-corrected chi connectivity index (χ4v) is 2.28. The maximum atomic E-state index is 13.4. The van der Waals surface area contributed by atoms with Crippen LogP contribution >= 0.6 is 0 Å². The summed E-state index contributed by atoms with van der Waals surface area (Å²) in [6, 6.07) is -1.23. The second-order valence-corrected chi connectivity index (χ2v) is 4.34. The van der Waals surface area contributed by atoms with E-state index in [1.807, 2.05) is 0 Å². The summed E-state index contributed by atoms with van der Waals surface area (Å²) in [4.78, 5) is 2.84. The van der Waals surface area contributed by atoms with Crippen molar-refractivity contribution < 1.29 is 28.0 Å². The monoisotopic (exact) mass is 254 g/mol. The van der Waals surface area contributed by atoms with E-state index < -0.39 is 25.6 Å². The van der Waals surface area contributed by atoms with Crippen molar-refractivity contribution in [3.05, 3.63) is 0 Å². The molecule has 2 rings (SSSR count). The van der Waals surface area contributed by atoms with E-state index >= 15 is 0 Å². The van der Waals surface area contributed by atoms with Gasteiger partial charge in [-0.3, -0.25) is 9.64 Å². The normalized spacial score (nSPS) is 34.4. The number of morpholine rings is 1. The summed E-state index contributed by atoms with van der Waals surface area (Å²) < 4.78 is 43.8. The Morgan fingerprint density at radius 3 is 2.65 bits per heavy atom. The molecular formula is C8H14BF3N2O3. The fraction of sp³-hybridized carbons (Fsp3) is 1.00. The maximum Gasteiger partial charge on any atom is 0.466 e. The Hall–Kier alpha value is -0.345. The van der Waals surface area contributed by atoms with E-state index in [1.54, 1.807) is 0 Å². The fourth-order valence-electron chi connectivity index (χ4n) is 2.28. The van der Waals surface area contributed by atoms with Crippen LogP contribution in [0.3, 0.4) is 0 Å². The summed E-state index contributed by atoms with van der Waals surface area (Å²) in [6.07, 6.45) is -5.62. The summed E-state index contributed by atoms with van der Waals surface area (Å²) in [6.45, 7) is 0.417. The van der Waals surface area contributed by atoms with Gasteiger partial charge in [-0.1, -0.05) is 0 Å². The lowest BCUT2D eigenvalue weighted by molar-refractivity contribution is -0.351. The smallest absolute Gasteiger partial charge is 0.426 e. The Bertz CT molecular complexity index is 285. The number of fused-ring (bicyclic) bond motifs is 1. The van der Waals surface area contributed by atoms with Crippen molar-refractivity contribution in [2.45, 2.75) is 18.5 Å². The highest BCUT2D eigenvalue weighted by molar-refractivity contribution is 6.41. The summed E-state index contributed by atoms with van der Waals surface area (Å²) >= 11 is 0. The Kier molecular flexibility index (Phi) is 3.65. The quantitative estimate of drug-likeness (QED) is 0.613. The Morgan fingerprint density at radius 2 is 2.00 bits per heavy atom. The van der Waals surface area contributed by atoms with E-state index in [0.717, 1.165) is 0 Å². The number of rotatable bonds is 2. The first-order valence-corrected chi connectivity index (χ1v) is 5.41. The van der Waals surface area contributed by atoms with Gasteiger partial charge in [0.05, 0.1) is 6.54 Å². The zero-order valence-electron chi connectivity index (χ0n) is 9.10. The molecule has 2 saturated heterocycles. The van der Waals surface area contributed by atoms with Gasteiger partial charge in [0.2, 0.25) is 6.36 Å². The van der Waals surface area contributed by atoms with Crippen LogP contribution in [-0.4, -0.2) is 78.1 Å². The highest BCUT2D eigenvalue weighted by atomic mass is 19.3. The summed E-state index contributed by atoms with van der Waals surface area (Å²) in [5.41, 5.74) is 0. The van der Waals surface area contributed by atoms with Gasteiger partial charge >= 0.3 is 13.2 Å². The van der Waals surface area contributed by atoms with E-state index in [4.69, 9.17) is 10.0 Å². The number of piperazine rings is 1. The van der Waals surface area contributed by atoms with Crippen molar-refractivity contribution in [1.82, 2.24) is 9.80 Å². The number of ether oxygens (including phenoxy) is 1. The molecule has 5 nitrogen and oxygen atoms in total. The second-order valence-electron chi connectivity index (χ2n) is 4.34. The van der Waals surface area contributed by atoms with Gasteiger partial charge < -0.3 is 14.9 Å². The minimum Gasteiger partial charge on any atom is -0.426 e. The van der Waals surface area contributed by atoms with Crippen molar-refractivity contribution in [2.24, 2.45) is 0 Å². The van der Waals surface area contributed by atoms with Crippen molar-refractivity contribution in [1.29, 1.82) is 0 Å². The standard InChI is InChI=1S/C8H14BF3N2O3/c10-7-4-14-2-1-13(5-9(15)16)3-6(14)8(11,12)17-7/h6-7,15-16H,1-5H2/t6?,7-/m0/s1. The van der Waals surface area contributed by atoms with E-state index in [9.17, 15) is 13.2 Å². The number of alkyl halides is 3. The van der Waals surface area contributed by atoms with Crippen LogP contribution in [0.1, 0.15) is 0 Å². The van der Waals surface area contributed by atoms with E-state index in [2.05, 4.69) is 4.74 Å². The van der Waals surface area contributed by atoms with E-state index in [1.165, 1.54) is 9.80 Å². The van der Waals surface area contributed by atoms with Crippen LogP contribution in [0, 0.1) is 0 Å². The summed E-state index contributed by atoms with van der Waals surface area (Å²) in [5, 5.41) is 17.6. The van der Waals surface area contributed by atoms with Gasteiger partial charge in [-0.25, -0.2) is 4.39 Å². The molecule has 2 fully saturated rings. The van der Waals surface area contributed by atoms with Gasteiger partial charge in [0, 0.05) is 26.1 Å². The molecule has 9 heteroatoms. The third kappa shape index (κ3) is 2.91. The summed E-state index contributed by atoms with van der Waals surface area (Å²) in [7, 11) is -1.56. The van der Waals surface area contributed by atoms with E-state index in [0.29, 0.717) is 6.54 Å². The molecule has 0 aromatic rings. The van der Waals surface area contributed by atoms with Crippen molar-refractivity contribution in [3.8, 4) is 0 Å². The van der Waals surface area contributed by atoms with Crippen molar-refractivity contribution in [3.63, 3.8) is 0 Å². The highest BCUT2D eigenvalue weighted by Crippen LogP contribution is 2.33. The molecule has 0 radical (unpaired) electrons. The van der Waals surface area contributed by atoms with Crippen LogP contribution in [0.2, 0.25) is 0 Å². The lowest BCUT2D eigenvalue weighted by atomic mass is 9.90. The van der Waals surface area contributed by atoms with Gasteiger partial charge in [0.25, 0.3) is 0 Å². The van der Waals surface area contributed by atoms with Crippen molar-refractivity contribution in [2.75, 3.05) is 32.6 Å². The molecule has 1 unspecified atom stereocenters. The maximum absolute atomic E-state index is 13.4. The third-order valence-electron chi connectivity index (χ3n) is 3.05. The number of halogens is 3. The van der Waals surface area contributed by atoms with Gasteiger partial charge in [0.1, 0.15) is 6.04 Å². The third-order valence-corrected chi connectivity index (χ3v) is 3.05. The Morgan fingerprint density at radius 1 is 1.29 bits per heavy atom. The zero-order valence-corrected chi connectivity index (χ0v) is 9.10. The summed E-state index contributed by atoms with van der Waals surface area (Å²) in [5.74, 6) is 0. The largest absolute Gasteiger partial charge is 0.466 e. The van der Waals surface area contributed by atoms with Crippen LogP contribution in [0.5, 0.6) is 0 Å². The van der Waals surface area contributed by atoms with Crippen molar-refractivity contribution >= 4 is 7.12 Å². The van der Waals surface area contributed by atoms with Gasteiger partial charge in [0.15, 0.2) is 0 Å². The molecule has 2 aliphatic rings. The van der Waals surface area contributed by atoms with Gasteiger partial charge in [-0.2, -0.15) is 8.78 Å². The molecule has 0 bridgehead atoms. The lowest BCUT2D eigenvalue weighted by Gasteiger charge is -2.47. The molecule has 2 atom stereocenters.